The highest BCUT2D eigenvalue weighted by Crippen LogP contribution is 2.33. The standard InChI is InChI=1S/C29H34F2N6O2S/c1-18(17-39-5)32-27-15-21(37(4)11-10-36(2)3)6-8-24(27)29(38)33-28-25-16-22(7-9-26(25)34-35-28)40-23-13-19(30)12-20(31)14-23/h6-9,12-16,18,32H,10-11,17H2,1-5H3,(H2,33,34,35,38). The van der Waals surface area contributed by atoms with Crippen LogP contribution >= 0.6 is 11.8 Å². The third-order valence-electron chi connectivity index (χ3n) is 6.23. The summed E-state index contributed by atoms with van der Waals surface area (Å²) in [6.45, 7) is 4.18. The number of nitrogens with one attached hydrogen (secondary N) is 3. The minimum atomic E-state index is -0.640. The van der Waals surface area contributed by atoms with E-state index in [2.05, 4.69) is 30.6 Å². The second-order valence-electron chi connectivity index (χ2n) is 9.90. The van der Waals surface area contributed by atoms with E-state index in [1.54, 1.807) is 13.2 Å². The number of carbonyl (C=O) groups excluding carboxylic acids is 1. The third-order valence-corrected chi connectivity index (χ3v) is 7.19. The molecule has 3 aromatic carbocycles. The van der Waals surface area contributed by atoms with Crippen LogP contribution in [0.3, 0.4) is 0 Å². The molecule has 0 aliphatic heterocycles. The molecule has 0 bridgehead atoms. The van der Waals surface area contributed by atoms with E-state index in [0.29, 0.717) is 34.0 Å². The van der Waals surface area contributed by atoms with Crippen molar-refractivity contribution in [3.63, 3.8) is 0 Å². The predicted octanol–water partition coefficient (Wildman–Crippen LogP) is 5.69. The molecule has 4 rings (SSSR count). The highest BCUT2D eigenvalue weighted by Gasteiger charge is 2.18. The van der Waals surface area contributed by atoms with Gasteiger partial charge in [-0.2, -0.15) is 5.10 Å². The fourth-order valence-corrected chi connectivity index (χ4v) is 5.10. The van der Waals surface area contributed by atoms with Gasteiger partial charge in [0.2, 0.25) is 0 Å². The lowest BCUT2D eigenvalue weighted by Gasteiger charge is -2.24. The van der Waals surface area contributed by atoms with Gasteiger partial charge in [-0.15, -0.1) is 0 Å². The highest BCUT2D eigenvalue weighted by atomic mass is 32.2. The molecule has 1 aromatic heterocycles. The monoisotopic (exact) mass is 568 g/mol. The van der Waals surface area contributed by atoms with Crippen LogP contribution in [0.5, 0.6) is 0 Å². The van der Waals surface area contributed by atoms with Crippen LogP contribution in [-0.2, 0) is 4.74 Å². The maximum absolute atomic E-state index is 13.7. The van der Waals surface area contributed by atoms with Crippen LogP contribution in [0.4, 0.5) is 26.0 Å². The summed E-state index contributed by atoms with van der Waals surface area (Å²) in [5.74, 6) is -1.25. The van der Waals surface area contributed by atoms with Crippen LogP contribution in [-0.4, -0.2) is 75.0 Å². The van der Waals surface area contributed by atoms with Crippen LogP contribution in [0.25, 0.3) is 10.9 Å². The summed E-state index contributed by atoms with van der Waals surface area (Å²) < 4.78 is 32.6. The largest absolute Gasteiger partial charge is 0.383 e. The third kappa shape index (κ3) is 7.50. The number of halogens is 2. The summed E-state index contributed by atoms with van der Waals surface area (Å²) in [5, 5.41) is 14.2. The smallest absolute Gasteiger partial charge is 0.258 e. The van der Waals surface area contributed by atoms with E-state index in [9.17, 15) is 13.6 Å². The summed E-state index contributed by atoms with van der Waals surface area (Å²) in [6.07, 6.45) is 0. The molecule has 0 fully saturated rings. The van der Waals surface area contributed by atoms with Gasteiger partial charge >= 0.3 is 0 Å². The number of methoxy groups -OCH3 is 1. The lowest BCUT2D eigenvalue weighted by molar-refractivity contribution is 0.102. The van der Waals surface area contributed by atoms with Crippen molar-refractivity contribution in [3.05, 3.63) is 71.8 Å². The number of aromatic amines is 1. The first-order valence-corrected chi connectivity index (χ1v) is 13.6. The van der Waals surface area contributed by atoms with Gasteiger partial charge in [0.1, 0.15) is 11.6 Å². The number of aromatic nitrogens is 2. The van der Waals surface area contributed by atoms with Gasteiger partial charge in [0.25, 0.3) is 5.91 Å². The molecule has 0 saturated carbocycles. The van der Waals surface area contributed by atoms with Crippen LogP contribution in [0, 0.1) is 11.6 Å². The molecule has 40 heavy (non-hydrogen) atoms. The molecule has 8 nitrogen and oxygen atoms in total. The Balaban J connectivity index is 1.59. The maximum Gasteiger partial charge on any atom is 0.258 e. The molecule has 0 aliphatic carbocycles. The molecule has 1 atom stereocenters. The molecule has 1 amide bonds. The molecule has 0 saturated heterocycles. The highest BCUT2D eigenvalue weighted by molar-refractivity contribution is 7.99. The zero-order valence-corrected chi connectivity index (χ0v) is 24.0. The van der Waals surface area contributed by atoms with Crippen LogP contribution in [0.2, 0.25) is 0 Å². The van der Waals surface area contributed by atoms with Crippen molar-refractivity contribution in [1.82, 2.24) is 15.1 Å². The summed E-state index contributed by atoms with van der Waals surface area (Å²) in [4.78, 5) is 19.0. The first-order chi connectivity index (χ1) is 19.1. The molecular formula is C29H34F2N6O2S. The Morgan fingerprint density at radius 2 is 1.77 bits per heavy atom. The van der Waals surface area contributed by atoms with Crippen LogP contribution in [0.15, 0.2) is 64.4 Å². The van der Waals surface area contributed by atoms with Crippen LogP contribution in [0.1, 0.15) is 17.3 Å². The SMILES string of the molecule is COCC(C)Nc1cc(N(C)CCN(C)C)ccc1C(=O)Nc1n[nH]c2ccc(Sc3cc(F)cc(F)c3)cc12. The number of H-pyrrole nitrogens is 1. The van der Waals surface area contributed by atoms with E-state index in [1.165, 1.54) is 23.9 Å². The van der Waals surface area contributed by atoms with Crippen molar-refractivity contribution in [2.45, 2.75) is 22.8 Å². The lowest BCUT2D eigenvalue weighted by atomic mass is 10.1. The molecule has 4 aromatic rings. The number of anilines is 3. The van der Waals surface area contributed by atoms with Crippen molar-refractivity contribution >= 4 is 45.8 Å². The number of ether oxygens (including phenoxy) is 1. The van der Waals surface area contributed by atoms with E-state index in [-0.39, 0.29) is 11.9 Å². The number of fused-ring (bicyclic) bond motifs is 1. The Hall–Kier alpha value is -3.67. The minimum Gasteiger partial charge on any atom is -0.383 e. The Labute approximate surface area is 237 Å². The van der Waals surface area contributed by atoms with E-state index in [4.69, 9.17) is 4.74 Å². The van der Waals surface area contributed by atoms with Gasteiger partial charge in [-0.05, 0) is 69.6 Å². The van der Waals surface area contributed by atoms with Gasteiger partial charge in [-0.1, -0.05) is 11.8 Å². The normalized spacial score (nSPS) is 12.1. The van der Waals surface area contributed by atoms with Gasteiger partial charge in [0, 0.05) is 65.9 Å². The van der Waals surface area contributed by atoms with E-state index in [0.717, 1.165) is 35.3 Å². The molecule has 1 heterocycles. The Kier molecular flexibility index (Phi) is 9.62. The first kappa shape index (κ1) is 29.3. The number of nitrogens with zero attached hydrogens (tertiary/aromatic N) is 3. The predicted molar refractivity (Wildman–Crippen MR) is 158 cm³/mol. The molecule has 0 radical (unpaired) electrons. The number of amides is 1. The van der Waals surface area contributed by atoms with E-state index < -0.39 is 11.6 Å². The zero-order valence-electron chi connectivity index (χ0n) is 23.2. The number of benzene rings is 3. The van der Waals surface area contributed by atoms with E-state index in [1.807, 2.05) is 58.4 Å². The summed E-state index contributed by atoms with van der Waals surface area (Å²) >= 11 is 1.22. The number of likely N-dealkylation sites (N-methyl/N-ethyl adjacent to an activating group) is 2. The van der Waals surface area contributed by atoms with Crippen molar-refractivity contribution in [1.29, 1.82) is 0 Å². The number of carbonyl (C=O) groups is 1. The Morgan fingerprint density at radius 3 is 2.48 bits per heavy atom. The van der Waals surface area contributed by atoms with Gasteiger partial charge in [-0.3, -0.25) is 9.89 Å². The Morgan fingerprint density at radius 1 is 1.02 bits per heavy atom. The lowest BCUT2D eigenvalue weighted by Crippen LogP contribution is -2.29. The number of rotatable bonds is 12. The topological polar surface area (TPSA) is 85.5 Å². The quantitative estimate of drug-likeness (QED) is 0.203. The number of hydrogen-bond acceptors (Lipinski definition) is 7. The molecule has 1 unspecified atom stereocenters. The Bertz CT molecular complexity index is 1460. The van der Waals surface area contributed by atoms with Gasteiger partial charge in [-0.25, -0.2) is 8.78 Å². The second kappa shape index (κ2) is 13.1. The van der Waals surface area contributed by atoms with Gasteiger partial charge in [0.05, 0.1) is 17.7 Å². The molecule has 0 aliphatic rings. The number of hydrogen-bond donors (Lipinski definition) is 3. The first-order valence-electron chi connectivity index (χ1n) is 12.8. The molecule has 3 N–H and O–H groups in total. The maximum atomic E-state index is 13.7. The summed E-state index contributed by atoms with van der Waals surface area (Å²) in [7, 11) is 7.71. The average molecular weight is 569 g/mol. The van der Waals surface area contributed by atoms with Crippen molar-refractivity contribution in [3.8, 4) is 0 Å². The van der Waals surface area contributed by atoms with Crippen molar-refractivity contribution in [2.24, 2.45) is 0 Å². The van der Waals surface area contributed by atoms with Gasteiger partial charge < -0.3 is 25.2 Å². The minimum absolute atomic E-state index is 0.0302. The fourth-order valence-electron chi connectivity index (χ4n) is 4.17. The van der Waals surface area contributed by atoms with Crippen LogP contribution < -0.4 is 15.5 Å². The zero-order chi connectivity index (χ0) is 28.8. The summed E-state index contributed by atoms with van der Waals surface area (Å²) in [6, 6.07) is 14.5. The van der Waals surface area contributed by atoms with Crippen molar-refractivity contribution in [2.75, 3.05) is 63.5 Å². The average Bonchev–Trinajstić information content (AvgIpc) is 3.28. The fraction of sp³-hybridized carbons (Fsp3) is 0.310. The van der Waals surface area contributed by atoms with E-state index >= 15 is 0 Å². The second-order valence-corrected chi connectivity index (χ2v) is 11.0. The molecule has 11 heteroatoms. The molecule has 212 valence electrons. The van der Waals surface area contributed by atoms with Gasteiger partial charge in [0.15, 0.2) is 5.82 Å². The summed E-state index contributed by atoms with van der Waals surface area (Å²) in [5.41, 5.74) is 2.84. The molecule has 0 spiro atoms. The van der Waals surface area contributed by atoms with Crippen molar-refractivity contribution < 1.29 is 18.3 Å². The molecular weight excluding hydrogens is 534 g/mol.